The van der Waals surface area contributed by atoms with Crippen molar-refractivity contribution in [1.82, 2.24) is 19.6 Å². The number of nitrogens with zero attached hydrogens (tertiary/aromatic N) is 5. The van der Waals surface area contributed by atoms with Crippen LogP contribution in [0, 0.1) is 0 Å². The van der Waals surface area contributed by atoms with Crippen LogP contribution in [0.3, 0.4) is 0 Å². The van der Waals surface area contributed by atoms with E-state index in [0.29, 0.717) is 22.8 Å². The average Bonchev–Trinajstić information content (AvgIpc) is 3.27. The lowest BCUT2D eigenvalue weighted by molar-refractivity contribution is 0.0429. The molecule has 0 N–H and O–H groups in total. The number of para-hydroxylation sites is 1. The fourth-order valence-electron chi connectivity index (χ4n) is 3.24. The summed E-state index contributed by atoms with van der Waals surface area (Å²) in [5.41, 5.74) is -0.724. The molecular formula is C27H29N5O5. The zero-order valence-corrected chi connectivity index (χ0v) is 21.6. The smallest absolute Gasteiger partial charge is 0.425 e. The van der Waals surface area contributed by atoms with E-state index in [1.54, 1.807) is 64.4 Å². The Morgan fingerprint density at radius 1 is 0.784 bits per heavy atom. The van der Waals surface area contributed by atoms with E-state index in [1.165, 1.54) is 6.07 Å². The third-order valence-electron chi connectivity index (χ3n) is 4.66. The summed E-state index contributed by atoms with van der Waals surface area (Å²) in [5.74, 6) is 1.16. The monoisotopic (exact) mass is 503 g/mol. The van der Waals surface area contributed by atoms with Crippen LogP contribution in [0.25, 0.3) is 17.0 Å². The standard InChI is InChI=1S/C27H29N5O5/c1-26(2,3)36-24(33)32(25(34)37-27(4,5)6)21-16-10-14-19(28-21)22-29-23(20-15-11-17-31(20)30-22)35-18-12-8-7-9-13-18/h7-17H,1-6H3. The van der Waals surface area contributed by atoms with Gasteiger partial charge in [0.25, 0.3) is 0 Å². The van der Waals surface area contributed by atoms with Gasteiger partial charge in [-0.15, -0.1) is 5.10 Å². The predicted molar refractivity (Wildman–Crippen MR) is 138 cm³/mol. The van der Waals surface area contributed by atoms with Crippen molar-refractivity contribution >= 4 is 23.5 Å². The molecule has 192 valence electrons. The van der Waals surface area contributed by atoms with Crippen LogP contribution in [0.5, 0.6) is 11.6 Å². The lowest BCUT2D eigenvalue weighted by atomic mass is 10.2. The van der Waals surface area contributed by atoms with Crippen molar-refractivity contribution in [2.75, 3.05) is 4.90 Å². The number of benzene rings is 1. The van der Waals surface area contributed by atoms with Gasteiger partial charge in [-0.3, -0.25) is 0 Å². The molecule has 37 heavy (non-hydrogen) atoms. The Bertz CT molecular complexity index is 1390. The van der Waals surface area contributed by atoms with Crippen molar-refractivity contribution < 1.29 is 23.8 Å². The molecule has 0 spiro atoms. The van der Waals surface area contributed by atoms with E-state index in [4.69, 9.17) is 14.2 Å². The van der Waals surface area contributed by atoms with Crippen molar-refractivity contribution in [3.05, 3.63) is 66.9 Å². The van der Waals surface area contributed by atoms with Gasteiger partial charge in [0.15, 0.2) is 0 Å². The second-order valence-corrected chi connectivity index (χ2v) is 10.2. The third-order valence-corrected chi connectivity index (χ3v) is 4.66. The quantitative estimate of drug-likeness (QED) is 0.321. The number of fused-ring (bicyclic) bond motifs is 1. The van der Waals surface area contributed by atoms with E-state index in [0.717, 1.165) is 4.90 Å². The number of aromatic nitrogens is 4. The minimum atomic E-state index is -0.915. The van der Waals surface area contributed by atoms with E-state index in [2.05, 4.69) is 15.1 Å². The van der Waals surface area contributed by atoms with Gasteiger partial charge in [0.1, 0.15) is 34.0 Å². The first-order valence-corrected chi connectivity index (χ1v) is 11.7. The molecule has 0 aliphatic rings. The Kier molecular flexibility index (Phi) is 6.84. The van der Waals surface area contributed by atoms with Gasteiger partial charge in [-0.25, -0.2) is 19.1 Å². The summed E-state index contributed by atoms with van der Waals surface area (Å²) in [5, 5.41) is 4.53. The molecule has 4 rings (SSSR count). The van der Waals surface area contributed by atoms with Gasteiger partial charge in [-0.05, 0) is 77.9 Å². The summed E-state index contributed by atoms with van der Waals surface area (Å²) in [6, 6.07) is 17.7. The van der Waals surface area contributed by atoms with Crippen molar-refractivity contribution in [2.45, 2.75) is 52.7 Å². The van der Waals surface area contributed by atoms with Crippen molar-refractivity contribution in [3.63, 3.8) is 0 Å². The molecule has 0 aliphatic heterocycles. The summed E-state index contributed by atoms with van der Waals surface area (Å²) in [6.45, 7) is 10.2. The number of amides is 2. The zero-order valence-electron chi connectivity index (χ0n) is 21.6. The molecule has 2 amide bonds. The summed E-state index contributed by atoms with van der Waals surface area (Å²) in [6.07, 6.45) is -0.0711. The molecule has 0 radical (unpaired) electrons. The molecule has 1 aromatic carbocycles. The van der Waals surface area contributed by atoms with Crippen LogP contribution in [0.1, 0.15) is 41.5 Å². The first-order chi connectivity index (χ1) is 17.4. The number of ether oxygens (including phenoxy) is 3. The molecule has 10 heteroatoms. The second kappa shape index (κ2) is 9.88. The van der Waals surface area contributed by atoms with E-state index in [-0.39, 0.29) is 11.6 Å². The van der Waals surface area contributed by atoms with Gasteiger partial charge in [-0.2, -0.15) is 9.88 Å². The number of carbonyl (C=O) groups excluding carboxylic acids is 2. The number of pyridine rings is 1. The van der Waals surface area contributed by atoms with E-state index in [9.17, 15) is 9.59 Å². The van der Waals surface area contributed by atoms with Crippen LogP contribution in [0.2, 0.25) is 0 Å². The van der Waals surface area contributed by atoms with Gasteiger partial charge in [0, 0.05) is 6.20 Å². The largest absolute Gasteiger partial charge is 0.443 e. The number of imide groups is 1. The fourth-order valence-corrected chi connectivity index (χ4v) is 3.24. The van der Waals surface area contributed by atoms with Crippen LogP contribution in [-0.4, -0.2) is 43.0 Å². The lowest BCUT2D eigenvalue weighted by Gasteiger charge is -2.28. The van der Waals surface area contributed by atoms with Gasteiger partial charge < -0.3 is 14.2 Å². The SMILES string of the molecule is CC(C)(C)OC(=O)N(C(=O)OC(C)(C)C)c1cccc(-c2nc(Oc3ccccc3)c3cccn3n2)n1. The molecular weight excluding hydrogens is 474 g/mol. The number of anilines is 1. The molecule has 0 fully saturated rings. The molecule has 10 nitrogen and oxygen atoms in total. The lowest BCUT2D eigenvalue weighted by Crippen LogP contribution is -2.44. The number of hydrogen-bond donors (Lipinski definition) is 0. The highest BCUT2D eigenvalue weighted by Crippen LogP contribution is 2.28. The Morgan fingerprint density at radius 2 is 1.43 bits per heavy atom. The normalized spacial score (nSPS) is 11.7. The highest BCUT2D eigenvalue weighted by Gasteiger charge is 2.33. The Balaban J connectivity index is 1.75. The Labute approximate surface area is 214 Å². The van der Waals surface area contributed by atoms with Crippen LogP contribution < -0.4 is 9.64 Å². The summed E-state index contributed by atoms with van der Waals surface area (Å²) < 4.78 is 18.6. The maximum Gasteiger partial charge on any atom is 0.425 e. The topological polar surface area (TPSA) is 108 Å². The van der Waals surface area contributed by atoms with Crippen LogP contribution in [-0.2, 0) is 9.47 Å². The summed E-state index contributed by atoms with van der Waals surface area (Å²) >= 11 is 0. The summed E-state index contributed by atoms with van der Waals surface area (Å²) in [4.78, 5) is 35.9. The zero-order chi connectivity index (χ0) is 26.8. The van der Waals surface area contributed by atoms with E-state index < -0.39 is 23.4 Å². The van der Waals surface area contributed by atoms with Crippen LogP contribution >= 0.6 is 0 Å². The fraction of sp³-hybridized carbons (Fsp3) is 0.296. The molecule has 0 aliphatic carbocycles. The minimum absolute atomic E-state index is 0.00253. The molecule has 0 unspecified atom stereocenters. The highest BCUT2D eigenvalue weighted by molar-refractivity contribution is 6.08. The average molecular weight is 504 g/mol. The van der Waals surface area contributed by atoms with Crippen molar-refractivity contribution in [2.24, 2.45) is 0 Å². The predicted octanol–water partition coefficient (Wildman–Crippen LogP) is 6.26. The molecule has 0 saturated heterocycles. The first kappa shape index (κ1) is 25.6. The molecule has 0 atom stereocenters. The number of carbonyl (C=O) groups is 2. The first-order valence-electron chi connectivity index (χ1n) is 11.7. The van der Waals surface area contributed by atoms with E-state index in [1.807, 2.05) is 42.5 Å². The molecule has 0 saturated carbocycles. The van der Waals surface area contributed by atoms with Gasteiger partial charge in [-0.1, -0.05) is 24.3 Å². The van der Waals surface area contributed by atoms with Gasteiger partial charge in [0.2, 0.25) is 11.7 Å². The van der Waals surface area contributed by atoms with Gasteiger partial charge in [0.05, 0.1) is 0 Å². The molecule has 0 bridgehead atoms. The Hall–Kier alpha value is -4.47. The van der Waals surface area contributed by atoms with Crippen molar-refractivity contribution in [1.29, 1.82) is 0 Å². The minimum Gasteiger partial charge on any atom is -0.443 e. The molecule has 3 aromatic heterocycles. The second-order valence-electron chi connectivity index (χ2n) is 10.2. The summed E-state index contributed by atoms with van der Waals surface area (Å²) in [7, 11) is 0. The number of hydrogen-bond acceptors (Lipinski definition) is 8. The maximum atomic E-state index is 13.0. The maximum absolute atomic E-state index is 13.0. The highest BCUT2D eigenvalue weighted by atomic mass is 16.6. The van der Waals surface area contributed by atoms with Gasteiger partial charge >= 0.3 is 12.2 Å². The number of rotatable bonds is 4. The van der Waals surface area contributed by atoms with Crippen molar-refractivity contribution in [3.8, 4) is 23.1 Å². The van der Waals surface area contributed by atoms with E-state index >= 15 is 0 Å². The molecule has 3 heterocycles. The van der Waals surface area contributed by atoms with Crippen LogP contribution in [0.4, 0.5) is 15.4 Å². The third kappa shape index (κ3) is 6.40. The Morgan fingerprint density at radius 3 is 2.05 bits per heavy atom. The van der Waals surface area contributed by atoms with Crippen LogP contribution in [0.15, 0.2) is 66.9 Å². The molecule has 4 aromatic rings.